The van der Waals surface area contributed by atoms with E-state index in [1.54, 1.807) is 7.11 Å². The van der Waals surface area contributed by atoms with Gasteiger partial charge in [0.15, 0.2) is 6.54 Å². The minimum absolute atomic E-state index is 0.205. The van der Waals surface area contributed by atoms with E-state index in [0.29, 0.717) is 0 Å². The summed E-state index contributed by atoms with van der Waals surface area (Å²) in [5, 5.41) is 1.31. The van der Waals surface area contributed by atoms with E-state index in [1.165, 1.54) is 27.7 Å². The molecule has 2 aromatic carbocycles. The van der Waals surface area contributed by atoms with Crippen molar-refractivity contribution in [1.29, 1.82) is 0 Å². The van der Waals surface area contributed by atoms with Crippen molar-refractivity contribution in [2.45, 2.75) is 45.1 Å². The Morgan fingerprint density at radius 2 is 1.80 bits per heavy atom. The summed E-state index contributed by atoms with van der Waals surface area (Å²) in [6.07, 6.45) is 3.46. The molecule has 128 valence electrons. The molecule has 3 aromatic rings. The number of hydrogen-bond acceptors (Lipinski definition) is 1. The van der Waals surface area contributed by atoms with Crippen molar-refractivity contribution in [1.82, 2.24) is 0 Å². The number of para-hydroxylation sites is 1. The summed E-state index contributed by atoms with van der Waals surface area (Å²) < 4.78 is 8.06. The van der Waals surface area contributed by atoms with Crippen molar-refractivity contribution in [2.75, 3.05) is 7.11 Å². The average Bonchev–Trinajstić information content (AvgIpc) is 2.82. The van der Waals surface area contributed by atoms with Gasteiger partial charge in [-0.2, -0.15) is 4.57 Å². The monoisotopic (exact) mass is 332 g/mol. The first-order chi connectivity index (χ1) is 12.2. The van der Waals surface area contributed by atoms with Crippen LogP contribution in [-0.2, 0) is 12.0 Å². The molecule has 2 heteroatoms. The number of aromatic nitrogens is 1. The third-order valence-corrected chi connectivity index (χ3v) is 6.18. The Kier molecular flexibility index (Phi) is 3.99. The average molecular weight is 332 g/mol. The topological polar surface area (TPSA) is 13.1 Å². The molecule has 0 amide bonds. The van der Waals surface area contributed by atoms with Crippen molar-refractivity contribution in [3.63, 3.8) is 0 Å². The molecule has 0 unspecified atom stereocenters. The zero-order valence-electron chi connectivity index (χ0n) is 15.4. The molecule has 0 spiro atoms. The van der Waals surface area contributed by atoms with Crippen molar-refractivity contribution in [2.24, 2.45) is 0 Å². The van der Waals surface area contributed by atoms with Crippen LogP contribution >= 0.6 is 0 Å². The van der Waals surface area contributed by atoms with Crippen LogP contribution < -0.4 is 9.30 Å². The second kappa shape index (κ2) is 6.18. The van der Waals surface area contributed by atoms with Crippen molar-refractivity contribution in [3.05, 3.63) is 60.2 Å². The van der Waals surface area contributed by atoms with Gasteiger partial charge in [-0.3, -0.25) is 0 Å². The lowest BCUT2D eigenvalue weighted by atomic mass is 9.72. The summed E-state index contributed by atoms with van der Waals surface area (Å²) in [6.45, 7) is 5.70. The maximum Gasteiger partial charge on any atom is 0.213 e. The first-order valence-corrected chi connectivity index (χ1v) is 9.33. The Morgan fingerprint density at radius 3 is 2.56 bits per heavy atom. The van der Waals surface area contributed by atoms with E-state index in [-0.39, 0.29) is 5.41 Å². The molecule has 0 saturated carbocycles. The van der Waals surface area contributed by atoms with E-state index in [1.807, 2.05) is 0 Å². The van der Waals surface area contributed by atoms with Crippen molar-refractivity contribution >= 4 is 10.9 Å². The number of aryl methyl sites for hydroxylation is 1. The molecule has 0 radical (unpaired) electrons. The summed E-state index contributed by atoms with van der Waals surface area (Å²) in [4.78, 5) is 0. The molecule has 0 aliphatic carbocycles. The normalized spacial score (nSPS) is 15.3. The van der Waals surface area contributed by atoms with Crippen LogP contribution in [0.4, 0.5) is 0 Å². The lowest BCUT2D eigenvalue weighted by molar-refractivity contribution is -0.661. The van der Waals surface area contributed by atoms with Gasteiger partial charge >= 0.3 is 0 Å². The van der Waals surface area contributed by atoms with Crippen molar-refractivity contribution < 1.29 is 9.30 Å². The Hall–Kier alpha value is -2.35. The molecule has 2 nitrogen and oxygen atoms in total. The van der Waals surface area contributed by atoms with Gasteiger partial charge in [0.2, 0.25) is 11.2 Å². The molecule has 0 fully saturated rings. The fourth-order valence-electron chi connectivity index (χ4n) is 4.50. The van der Waals surface area contributed by atoms with Gasteiger partial charge < -0.3 is 4.74 Å². The van der Waals surface area contributed by atoms with Gasteiger partial charge in [-0.25, -0.2) is 0 Å². The first kappa shape index (κ1) is 16.1. The Balaban J connectivity index is 2.04. The first-order valence-electron chi connectivity index (χ1n) is 9.33. The predicted molar refractivity (Wildman–Crippen MR) is 103 cm³/mol. The zero-order chi connectivity index (χ0) is 17.4. The van der Waals surface area contributed by atoms with Gasteiger partial charge in [0.1, 0.15) is 5.75 Å². The van der Waals surface area contributed by atoms with Crippen LogP contribution in [0.5, 0.6) is 5.75 Å². The van der Waals surface area contributed by atoms with E-state index in [0.717, 1.165) is 31.6 Å². The molecule has 0 saturated heterocycles. The number of hydrogen-bond donors (Lipinski definition) is 0. The highest BCUT2D eigenvalue weighted by Crippen LogP contribution is 2.43. The van der Waals surface area contributed by atoms with E-state index in [4.69, 9.17) is 4.74 Å². The summed E-state index contributed by atoms with van der Waals surface area (Å²) in [6, 6.07) is 19.9. The van der Waals surface area contributed by atoms with Crippen LogP contribution in [0.1, 0.15) is 38.7 Å². The molecule has 0 bridgehead atoms. The molecule has 1 aliphatic rings. The molecule has 25 heavy (non-hydrogen) atoms. The fourth-order valence-corrected chi connectivity index (χ4v) is 4.50. The molecule has 0 atom stereocenters. The van der Waals surface area contributed by atoms with Gasteiger partial charge in [0.05, 0.1) is 12.7 Å². The third-order valence-electron chi connectivity index (χ3n) is 6.18. The maximum atomic E-state index is 5.55. The highest BCUT2D eigenvalue weighted by atomic mass is 16.5. The number of benzene rings is 2. The van der Waals surface area contributed by atoms with Crippen LogP contribution in [-0.4, -0.2) is 7.11 Å². The number of rotatable bonds is 3. The SMILES string of the molecule is CCC1(CC)CC[n+]2c(ccc3ccccc32)-c2ccc(OC)cc21. The van der Waals surface area contributed by atoms with Gasteiger partial charge in [-0.1, -0.05) is 26.0 Å². The number of methoxy groups -OCH3 is 1. The van der Waals surface area contributed by atoms with Gasteiger partial charge in [0.25, 0.3) is 0 Å². The lowest BCUT2D eigenvalue weighted by Gasteiger charge is -2.31. The second-order valence-electron chi connectivity index (χ2n) is 7.08. The van der Waals surface area contributed by atoms with E-state index < -0.39 is 0 Å². The standard InChI is InChI=1S/C23H26NO/c1-4-23(5-2)14-15-24-21-9-7-6-8-17(21)10-13-22(24)19-12-11-18(25-3)16-20(19)23/h6-13,16H,4-5,14-15H2,1-3H3/q+1. The van der Waals surface area contributed by atoms with Crippen LogP contribution in [0.3, 0.4) is 0 Å². The zero-order valence-corrected chi connectivity index (χ0v) is 15.4. The van der Waals surface area contributed by atoms with Crippen LogP contribution in [0, 0.1) is 0 Å². The molecular weight excluding hydrogens is 306 g/mol. The lowest BCUT2D eigenvalue weighted by Crippen LogP contribution is -2.38. The van der Waals surface area contributed by atoms with Gasteiger partial charge in [-0.05, 0) is 48.7 Å². The summed E-state index contributed by atoms with van der Waals surface area (Å²) in [5.41, 5.74) is 5.65. The molecule has 2 heterocycles. The number of pyridine rings is 1. The minimum atomic E-state index is 0.205. The van der Waals surface area contributed by atoms with Crippen LogP contribution in [0.2, 0.25) is 0 Å². The number of nitrogens with zero attached hydrogens (tertiary/aromatic N) is 1. The highest BCUT2D eigenvalue weighted by Gasteiger charge is 2.37. The Bertz CT molecular complexity index is 925. The van der Waals surface area contributed by atoms with Crippen molar-refractivity contribution in [3.8, 4) is 17.0 Å². The van der Waals surface area contributed by atoms with E-state index in [2.05, 4.69) is 73.0 Å². The van der Waals surface area contributed by atoms with Crippen LogP contribution in [0.15, 0.2) is 54.6 Å². The third kappa shape index (κ3) is 2.43. The summed E-state index contributed by atoms with van der Waals surface area (Å²) in [5.74, 6) is 0.958. The fraction of sp³-hybridized carbons (Fsp3) is 0.348. The molecular formula is C23H26NO+. The molecule has 4 rings (SSSR count). The second-order valence-corrected chi connectivity index (χ2v) is 7.08. The number of fused-ring (bicyclic) bond motifs is 5. The van der Waals surface area contributed by atoms with E-state index in [9.17, 15) is 0 Å². The minimum Gasteiger partial charge on any atom is -0.497 e. The smallest absolute Gasteiger partial charge is 0.213 e. The largest absolute Gasteiger partial charge is 0.497 e. The Morgan fingerprint density at radius 1 is 1.00 bits per heavy atom. The van der Waals surface area contributed by atoms with Gasteiger partial charge in [-0.15, -0.1) is 0 Å². The quantitative estimate of drug-likeness (QED) is 0.596. The van der Waals surface area contributed by atoms with Gasteiger partial charge in [0, 0.05) is 29.4 Å². The summed E-state index contributed by atoms with van der Waals surface area (Å²) >= 11 is 0. The summed E-state index contributed by atoms with van der Waals surface area (Å²) in [7, 11) is 1.76. The maximum absolute atomic E-state index is 5.55. The number of ether oxygens (including phenoxy) is 1. The highest BCUT2D eigenvalue weighted by molar-refractivity contribution is 5.78. The molecule has 0 N–H and O–H groups in total. The predicted octanol–water partition coefficient (Wildman–Crippen LogP) is 5.26. The molecule has 1 aromatic heterocycles. The molecule has 1 aliphatic heterocycles. The van der Waals surface area contributed by atoms with Crippen LogP contribution in [0.25, 0.3) is 22.2 Å². The van der Waals surface area contributed by atoms with E-state index >= 15 is 0 Å². The Labute approximate surface area is 150 Å².